The van der Waals surface area contributed by atoms with Gasteiger partial charge in [0.25, 0.3) is 0 Å². The second-order valence-corrected chi connectivity index (χ2v) is 5.70. The van der Waals surface area contributed by atoms with Crippen LogP contribution in [0, 0.1) is 0 Å². The SMILES string of the molecule is COc1cc2c(=O)c3ccccc3oc2c(CC=C(C)C)c1O. The smallest absolute Gasteiger partial charge is 0.200 e. The molecule has 3 rings (SSSR count). The lowest BCUT2D eigenvalue weighted by atomic mass is 10.0. The lowest BCUT2D eigenvalue weighted by molar-refractivity contribution is 0.371. The molecule has 4 nitrogen and oxygen atoms in total. The summed E-state index contributed by atoms with van der Waals surface area (Å²) in [7, 11) is 1.47. The molecule has 0 amide bonds. The summed E-state index contributed by atoms with van der Waals surface area (Å²) in [6.45, 7) is 3.95. The summed E-state index contributed by atoms with van der Waals surface area (Å²) in [6, 6.07) is 8.63. The summed E-state index contributed by atoms with van der Waals surface area (Å²) >= 11 is 0. The number of methoxy groups -OCH3 is 1. The van der Waals surface area contributed by atoms with E-state index < -0.39 is 0 Å². The van der Waals surface area contributed by atoms with Crippen molar-refractivity contribution in [3.05, 3.63) is 57.8 Å². The van der Waals surface area contributed by atoms with Crippen molar-refractivity contribution in [1.82, 2.24) is 0 Å². The van der Waals surface area contributed by atoms with Crippen molar-refractivity contribution in [3.8, 4) is 11.5 Å². The highest BCUT2D eigenvalue weighted by Crippen LogP contribution is 2.37. The molecule has 0 radical (unpaired) electrons. The number of ether oxygens (including phenoxy) is 1. The monoisotopic (exact) mass is 310 g/mol. The van der Waals surface area contributed by atoms with Crippen LogP contribution in [0.3, 0.4) is 0 Å². The minimum Gasteiger partial charge on any atom is -0.504 e. The topological polar surface area (TPSA) is 59.7 Å². The minimum absolute atomic E-state index is 0.0101. The summed E-state index contributed by atoms with van der Waals surface area (Å²) in [5.41, 5.74) is 2.46. The average molecular weight is 310 g/mol. The zero-order valence-corrected chi connectivity index (χ0v) is 13.3. The van der Waals surface area contributed by atoms with Gasteiger partial charge in [-0.2, -0.15) is 0 Å². The van der Waals surface area contributed by atoms with E-state index in [2.05, 4.69) is 0 Å². The van der Waals surface area contributed by atoms with Gasteiger partial charge in [0.2, 0.25) is 5.43 Å². The fourth-order valence-corrected chi connectivity index (χ4v) is 2.62. The standard InChI is InChI=1S/C19H18O4/c1-11(2)8-9-13-18(21)16(22-3)10-14-17(20)12-6-4-5-7-15(12)23-19(13)14/h4-8,10,21H,9H2,1-3H3. The van der Waals surface area contributed by atoms with Gasteiger partial charge < -0.3 is 14.3 Å². The highest BCUT2D eigenvalue weighted by molar-refractivity contribution is 5.93. The molecule has 1 heterocycles. The summed E-state index contributed by atoms with van der Waals surface area (Å²) < 4.78 is 11.1. The Balaban J connectivity index is 2.45. The molecule has 0 bridgehead atoms. The van der Waals surface area contributed by atoms with Crippen molar-refractivity contribution >= 4 is 21.9 Å². The number of hydrogen-bond acceptors (Lipinski definition) is 4. The zero-order chi connectivity index (χ0) is 16.6. The Morgan fingerprint density at radius 2 is 2.00 bits per heavy atom. The Kier molecular flexibility index (Phi) is 3.82. The van der Waals surface area contributed by atoms with Crippen LogP contribution in [-0.4, -0.2) is 12.2 Å². The Morgan fingerprint density at radius 3 is 2.70 bits per heavy atom. The number of aromatic hydroxyl groups is 1. The van der Waals surface area contributed by atoms with Crippen LogP contribution in [0.4, 0.5) is 0 Å². The van der Waals surface area contributed by atoms with Crippen molar-refractivity contribution in [3.63, 3.8) is 0 Å². The largest absolute Gasteiger partial charge is 0.504 e. The lowest BCUT2D eigenvalue weighted by Crippen LogP contribution is -2.04. The summed E-state index contributed by atoms with van der Waals surface area (Å²) in [6.07, 6.45) is 2.44. The van der Waals surface area contributed by atoms with E-state index in [0.29, 0.717) is 33.9 Å². The van der Waals surface area contributed by atoms with Crippen molar-refractivity contribution in [2.45, 2.75) is 20.3 Å². The second kappa shape index (κ2) is 5.80. The van der Waals surface area contributed by atoms with Crippen LogP contribution < -0.4 is 10.2 Å². The predicted octanol–water partition coefficient (Wildman–Crippen LogP) is 4.17. The molecule has 1 aromatic heterocycles. The number of hydrogen-bond donors (Lipinski definition) is 1. The second-order valence-electron chi connectivity index (χ2n) is 5.70. The molecular formula is C19H18O4. The van der Waals surface area contributed by atoms with Crippen LogP contribution in [0.25, 0.3) is 21.9 Å². The zero-order valence-electron chi connectivity index (χ0n) is 13.3. The van der Waals surface area contributed by atoms with Gasteiger partial charge in [0.15, 0.2) is 11.5 Å². The predicted molar refractivity (Wildman–Crippen MR) is 91.3 cm³/mol. The summed E-state index contributed by atoms with van der Waals surface area (Å²) in [4.78, 5) is 12.7. The van der Waals surface area contributed by atoms with Crippen molar-refractivity contribution in [1.29, 1.82) is 0 Å². The number of rotatable bonds is 3. The van der Waals surface area contributed by atoms with E-state index in [0.717, 1.165) is 5.57 Å². The van der Waals surface area contributed by atoms with E-state index >= 15 is 0 Å². The molecule has 0 atom stereocenters. The summed E-state index contributed by atoms with van der Waals surface area (Å²) in [5.74, 6) is 0.285. The van der Waals surface area contributed by atoms with E-state index in [-0.39, 0.29) is 16.9 Å². The first-order valence-electron chi connectivity index (χ1n) is 7.40. The van der Waals surface area contributed by atoms with Crippen LogP contribution in [0.2, 0.25) is 0 Å². The summed E-state index contributed by atoms with van der Waals surface area (Å²) in [5, 5.41) is 11.4. The molecule has 0 saturated carbocycles. The first-order chi connectivity index (χ1) is 11.0. The van der Waals surface area contributed by atoms with Crippen LogP contribution in [0.1, 0.15) is 19.4 Å². The van der Waals surface area contributed by atoms with Gasteiger partial charge in [0.1, 0.15) is 11.2 Å². The molecule has 118 valence electrons. The van der Waals surface area contributed by atoms with Gasteiger partial charge in [0.05, 0.1) is 17.9 Å². The van der Waals surface area contributed by atoms with E-state index in [4.69, 9.17) is 9.15 Å². The molecule has 0 aliphatic heterocycles. The Hall–Kier alpha value is -2.75. The Morgan fingerprint density at radius 1 is 1.26 bits per heavy atom. The normalized spacial score (nSPS) is 10.9. The molecule has 0 saturated heterocycles. The molecule has 3 aromatic rings. The van der Waals surface area contributed by atoms with Gasteiger partial charge >= 0.3 is 0 Å². The highest BCUT2D eigenvalue weighted by Gasteiger charge is 2.18. The van der Waals surface area contributed by atoms with Crippen molar-refractivity contribution < 1.29 is 14.3 Å². The maximum Gasteiger partial charge on any atom is 0.200 e. The Bertz CT molecular complexity index is 976. The first-order valence-corrected chi connectivity index (χ1v) is 7.40. The average Bonchev–Trinajstić information content (AvgIpc) is 2.54. The van der Waals surface area contributed by atoms with Crippen LogP contribution >= 0.6 is 0 Å². The van der Waals surface area contributed by atoms with Gasteiger partial charge in [-0.05, 0) is 38.5 Å². The van der Waals surface area contributed by atoms with E-state index in [1.54, 1.807) is 18.2 Å². The molecule has 4 heteroatoms. The molecule has 0 unspecified atom stereocenters. The maximum atomic E-state index is 12.7. The van der Waals surface area contributed by atoms with Crippen LogP contribution in [-0.2, 0) is 6.42 Å². The molecular weight excluding hydrogens is 292 g/mol. The molecule has 0 fully saturated rings. The quantitative estimate of drug-likeness (QED) is 0.582. The Labute approximate surface area is 133 Å². The molecule has 0 aliphatic carbocycles. The number of allylic oxidation sites excluding steroid dienone is 2. The minimum atomic E-state index is -0.126. The fourth-order valence-electron chi connectivity index (χ4n) is 2.62. The van der Waals surface area contributed by atoms with Crippen molar-refractivity contribution in [2.75, 3.05) is 7.11 Å². The number of fused-ring (bicyclic) bond motifs is 2. The third-order valence-electron chi connectivity index (χ3n) is 3.84. The highest BCUT2D eigenvalue weighted by atomic mass is 16.5. The van der Waals surface area contributed by atoms with E-state index in [9.17, 15) is 9.90 Å². The number of benzene rings is 2. The lowest BCUT2D eigenvalue weighted by Gasteiger charge is -2.11. The fraction of sp³-hybridized carbons (Fsp3) is 0.211. The molecule has 2 aromatic carbocycles. The third kappa shape index (κ3) is 2.57. The van der Waals surface area contributed by atoms with Gasteiger partial charge in [-0.3, -0.25) is 4.79 Å². The van der Waals surface area contributed by atoms with Crippen LogP contribution in [0.15, 0.2) is 51.2 Å². The van der Waals surface area contributed by atoms with Crippen molar-refractivity contribution in [2.24, 2.45) is 0 Å². The number of phenolic OH excluding ortho intramolecular Hbond substituents is 1. The molecule has 0 spiro atoms. The molecule has 1 N–H and O–H groups in total. The number of para-hydroxylation sites is 1. The first kappa shape index (κ1) is 15.2. The van der Waals surface area contributed by atoms with Gasteiger partial charge in [0, 0.05) is 5.56 Å². The molecule has 23 heavy (non-hydrogen) atoms. The van der Waals surface area contributed by atoms with Gasteiger partial charge in [-0.1, -0.05) is 23.8 Å². The third-order valence-corrected chi connectivity index (χ3v) is 3.84. The number of phenols is 1. The maximum absolute atomic E-state index is 12.7. The van der Waals surface area contributed by atoms with Gasteiger partial charge in [-0.15, -0.1) is 0 Å². The van der Waals surface area contributed by atoms with Crippen LogP contribution in [0.5, 0.6) is 11.5 Å². The van der Waals surface area contributed by atoms with E-state index in [1.807, 2.05) is 26.0 Å². The van der Waals surface area contributed by atoms with E-state index in [1.165, 1.54) is 13.2 Å². The molecule has 0 aliphatic rings. The van der Waals surface area contributed by atoms with Gasteiger partial charge in [-0.25, -0.2) is 0 Å².